The largest absolute Gasteiger partial charge is 0.366 e. The normalized spacial score (nSPS) is 27.3. The molecular formula is C15H22N2S. The van der Waals surface area contributed by atoms with Crippen molar-refractivity contribution in [3.8, 4) is 0 Å². The topological polar surface area (TPSA) is 15.3 Å². The van der Waals surface area contributed by atoms with Gasteiger partial charge in [-0.1, -0.05) is 17.7 Å². The molecule has 2 unspecified atom stereocenters. The molecule has 1 N–H and O–H groups in total. The quantitative estimate of drug-likeness (QED) is 0.881. The van der Waals surface area contributed by atoms with Crippen molar-refractivity contribution in [2.24, 2.45) is 0 Å². The standard InChI is InChI=1S/C15H22N2S/c1-11-5-6-13-12(8-11)4-3-7-17(13)14-9-16-10-15(14)18-2/h5-6,8,14-16H,3-4,7,9-10H2,1-2H3. The van der Waals surface area contributed by atoms with E-state index in [-0.39, 0.29) is 0 Å². The van der Waals surface area contributed by atoms with Gasteiger partial charge in [-0.25, -0.2) is 0 Å². The van der Waals surface area contributed by atoms with E-state index in [0.29, 0.717) is 6.04 Å². The number of aryl methyl sites for hydroxylation is 2. The highest BCUT2D eigenvalue weighted by atomic mass is 32.2. The molecule has 0 aliphatic carbocycles. The van der Waals surface area contributed by atoms with E-state index in [0.717, 1.165) is 18.3 Å². The van der Waals surface area contributed by atoms with Crippen LogP contribution in [0.2, 0.25) is 0 Å². The first kappa shape index (κ1) is 12.4. The van der Waals surface area contributed by atoms with Gasteiger partial charge in [0, 0.05) is 30.6 Å². The van der Waals surface area contributed by atoms with Crippen LogP contribution < -0.4 is 10.2 Å². The van der Waals surface area contributed by atoms with Gasteiger partial charge in [-0.2, -0.15) is 11.8 Å². The molecule has 2 aliphatic heterocycles. The summed E-state index contributed by atoms with van der Waals surface area (Å²) in [6.07, 6.45) is 4.79. The first-order chi connectivity index (χ1) is 8.79. The Bertz CT molecular complexity index is 433. The molecule has 1 fully saturated rings. The second kappa shape index (κ2) is 5.14. The zero-order valence-corrected chi connectivity index (χ0v) is 12.1. The second-order valence-corrected chi connectivity index (χ2v) is 6.51. The number of anilines is 1. The summed E-state index contributed by atoms with van der Waals surface area (Å²) >= 11 is 2.01. The Labute approximate surface area is 114 Å². The lowest BCUT2D eigenvalue weighted by molar-refractivity contribution is 0.597. The molecule has 1 aromatic carbocycles. The minimum absolute atomic E-state index is 0.668. The predicted octanol–water partition coefficient (Wildman–Crippen LogP) is 2.45. The van der Waals surface area contributed by atoms with Crippen LogP contribution in [0.4, 0.5) is 5.69 Å². The van der Waals surface area contributed by atoms with Crippen molar-refractivity contribution < 1.29 is 0 Å². The number of benzene rings is 1. The molecule has 0 aromatic heterocycles. The molecule has 2 heterocycles. The van der Waals surface area contributed by atoms with Gasteiger partial charge in [0.05, 0.1) is 6.04 Å². The van der Waals surface area contributed by atoms with Crippen molar-refractivity contribution in [3.63, 3.8) is 0 Å². The Hall–Kier alpha value is -0.670. The summed E-state index contributed by atoms with van der Waals surface area (Å²) in [5.41, 5.74) is 4.43. The van der Waals surface area contributed by atoms with Crippen LogP contribution in [0.1, 0.15) is 17.5 Å². The van der Waals surface area contributed by atoms with Crippen LogP contribution in [-0.4, -0.2) is 37.2 Å². The highest BCUT2D eigenvalue weighted by Crippen LogP contribution is 2.32. The summed E-state index contributed by atoms with van der Waals surface area (Å²) < 4.78 is 0. The molecule has 0 amide bonds. The molecule has 2 aliphatic rings. The third-order valence-corrected chi connectivity index (χ3v) is 5.31. The molecule has 0 bridgehead atoms. The van der Waals surface area contributed by atoms with Crippen LogP contribution in [0, 0.1) is 6.92 Å². The van der Waals surface area contributed by atoms with E-state index in [4.69, 9.17) is 0 Å². The number of hydrogen-bond acceptors (Lipinski definition) is 3. The smallest absolute Gasteiger partial charge is 0.0545 e. The molecule has 0 radical (unpaired) electrons. The van der Waals surface area contributed by atoms with Crippen molar-refractivity contribution in [2.75, 3.05) is 30.8 Å². The maximum Gasteiger partial charge on any atom is 0.0545 e. The Morgan fingerprint density at radius 1 is 1.33 bits per heavy atom. The van der Waals surface area contributed by atoms with Gasteiger partial charge in [0.15, 0.2) is 0 Å². The number of fused-ring (bicyclic) bond motifs is 1. The van der Waals surface area contributed by atoms with Gasteiger partial charge >= 0.3 is 0 Å². The van der Waals surface area contributed by atoms with Gasteiger partial charge < -0.3 is 10.2 Å². The van der Waals surface area contributed by atoms with Crippen molar-refractivity contribution >= 4 is 17.4 Å². The van der Waals surface area contributed by atoms with Crippen LogP contribution in [-0.2, 0) is 6.42 Å². The molecule has 0 spiro atoms. The molecule has 3 heteroatoms. The van der Waals surface area contributed by atoms with Crippen LogP contribution in [0.5, 0.6) is 0 Å². The molecule has 1 aromatic rings. The summed E-state index contributed by atoms with van der Waals surface area (Å²) in [6, 6.07) is 7.63. The van der Waals surface area contributed by atoms with Gasteiger partial charge in [-0.15, -0.1) is 0 Å². The van der Waals surface area contributed by atoms with Crippen LogP contribution >= 0.6 is 11.8 Å². The van der Waals surface area contributed by atoms with Gasteiger partial charge in [-0.3, -0.25) is 0 Å². The fraction of sp³-hybridized carbons (Fsp3) is 0.600. The summed E-state index contributed by atoms with van der Waals surface area (Å²) in [7, 11) is 0. The molecule has 2 nitrogen and oxygen atoms in total. The molecular weight excluding hydrogens is 240 g/mol. The molecule has 1 saturated heterocycles. The molecule has 2 atom stereocenters. The number of rotatable bonds is 2. The van der Waals surface area contributed by atoms with E-state index in [1.54, 1.807) is 5.56 Å². The number of nitrogens with zero attached hydrogens (tertiary/aromatic N) is 1. The van der Waals surface area contributed by atoms with Gasteiger partial charge in [0.1, 0.15) is 0 Å². The monoisotopic (exact) mass is 262 g/mol. The van der Waals surface area contributed by atoms with Gasteiger partial charge in [0.25, 0.3) is 0 Å². The average Bonchev–Trinajstić information content (AvgIpc) is 2.85. The molecule has 0 saturated carbocycles. The molecule has 98 valence electrons. The minimum Gasteiger partial charge on any atom is -0.366 e. The second-order valence-electron chi connectivity index (χ2n) is 5.43. The van der Waals surface area contributed by atoms with E-state index in [1.165, 1.54) is 30.6 Å². The SMILES string of the molecule is CSC1CNCC1N1CCCc2cc(C)ccc21. The first-order valence-electron chi connectivity index (χ1n) is 6.89. The molecule has 3 rings (SSSR count). The highest BCUT2D eigenvalue weighted by Gasteiger charge is 2.33. The summed E-state index contributed by atoms with van der Waals surface area (Å²) in [4.78, 5) is 2.65. The average molecular weight is 262 g/mol. The Balaban J connectivity index is 1.91. The number of thioether (sulfide) groups is 1. The summed E-state index contributed by atoms with van der Waals surface area (Å²) in [6.45, 7) is 5.71. The van der Waals surface area contributed by atoms with E-state index in [9.17, 15) is 0 Å². The van der Waals surface area contributed by atoms with Crippen molar-refractivity contribution in [1.82, 2.24) is 5.32 Å². The van der Waals surface area contributed by atoms with Crippen molar-refractivity contribution in [2.45, 2.75) is 31.1 Å². The zero-order chi connectivity index (χ0) is 12.5. The number of nitrogens with one attached hydrogen (secondary N) is 1. The van der Waals surface area contributed by atoms with Crippen LogP contribution in [0.3, 0.4) is 0 Å². The lowest BCUT2D eigenvalue weighted by Gasteiger charge is -2.38. The third-order valence-electron chi connectivity index (χ3n) is 4.22. The third kappa shape index (κ3) is 2.14. The lowest BCUT2D eigenvalue weighted by atomic mass is 9.98. The summed E-state index contributed by atoms with van der Waals surface area (Å²) in [5.74, 6) is 0. The van der Waals surface area contributed by atoms with Gasteiger partial charge in [-0.05, 0) is 37.7 Å². The Morgan fingerprint density at radius 2 is 2.22 bits per heavy atom. The van der Waals surface area contributed by atoms with Crippen LogP contribution in [0.25, 0.3) is 0 Å². The Kier molecular flexibility index (Phi) is 3.53. The highest BCUT2D eigenvalue weighted by molar-refractivity contribution is 7.99. The van der Waals surface area contributed by atoms with Crippen LogP contribution in [0.15, 0.2) is 18.2 Å². The van der Waals surface area contributed by atoms with Crippen molar-refractivity contribution in [3.05, 3.63) is 29.3 Å². The zero-order valence-electron chi connectivity index (χ0n) is 11.3. The van der Waals surface area contributed by atoms with E-state index < -0.39 is 0 Å². The summed E-state index contributed by atoms with van der Waals surface area (Å²) in [5, 5.41) is 4.28. The maximum absolute atomic E-state index is 3.55. The first-order valence-corrected chi connectivity index (χ1v) is 8.18. The fourth-order valence-electron chi connectivity index (χ4n) is 3.29. The van der Waals surface area contributed by atoms with Crippen molar-refractivity contribution in [1.29, 1.82) is 0 Å². The maximum atomic E-state index is 3.55. The fourth-order valence-corrected chi connectivity index (χ4v) is 4.13. The van der Waals surface area contributed by atoms with E-state index >= 15 is 0 Å². The molecule has 18 heavy (non-hydrogen) atoms. The minimum atomic E-state index is 0.668. The van der Waals surface area contributed by atoms with E-state index in [2.05, 4.69) is 41.6 Å². The Morgan fingerprint density at radius 3 is 3.06 bits per heavy atom. The number of hydrogen-bond donors (Lipinski definition) is 1. The predicted molar refractivity (Wildman–Crippen MR) is 80.8 cm³/mol. The lowest BCUT2D eigenvalue weighted by Crippen LogP contribution is -2.45. The van der Waals surface area contributed by atoms with E-state index in [1.807, 2.05) is 11.8 Å². The van der Waals surface area contributed by atoms with Gasteiger partial charge in [0.2, 0.25) is 0 Å².